The number of hydrogen-bond acceptors (Lipinski definition) is 7. The van der Waals surface area contributed by atoms with Gasteiger partial charge >= 0.3 is 0 Å². The Hall–Kier alpha value is -1.93. The van der Waals surface area contributed by atoms with Crippen LogP contribution in [0, 0.1) is 0 Å². The molecule has 1 aromatic rings. The topological polar surface area (TPSA) is 71.0 Å². The van der Waals surface area contributed by atoms with Gasteiger partial charge in [-0.2, -0.15) is 4.98 Å². The highest BCUT2D eigenvalue weighted by atomic mass is 16.7. The first-order valence-corrected chi connectivity index (χ1v) is 8.58. The third kappa shape index (κ3) is 3.03. The molecule has 4 heterocycles. The lowest BCUT2D eigenvalue weighted by molar-refractivity contribution is -0.169. The van der Waals surface area contributed by atoms with Crippen LogP contribution in [-0.2, 0) is 14.3 Å². The standard InChI is InChI=1S/C16H23N5O3/c22-13-19-7-9-21(10-8-19)15-17-4-1-14(18-15)20-5-2-16(3-6-20)23-11-12-24-16/h1,4,13H,2-3,5-12H2. The van der Waals surface area contributed by atoms with Crippen LogP contribution in [0.4, 0.5) is 11.8 Å². The summed E-state index contributed by atoms with van der Waals surface area (Å²) in [6, 6.07) is 1.96. The third-order valence-corrected chi connectivity index (χ3v) is 5.04. The highest BCUT2D eigenvalue weighted by Crippen LogP contribution is 2.32. The number of rotatable bonds is 3. The summed E-state index contributed by atoms with van der Waals surface area (Å²) in [5.41, 5.74) is 0. The Kier molecular flexibility index (Phi) is 4.24. The number of hydrogen-bond donors (Lipinski definition) is 0. The number of piperidine rings is 1. The van der Waals surface area contributed by atoms with Crippen molar-refractivity contribution in [2.45, 2.75) is 18.6 Å². The first-order chi connectivity index (χ1) is 11.8. The zero-order chi connectivity index (χ0) is 16.4. The number of carbonyl (C=O) groups excluding carboxylic acids is 1. The maximum absolute atomic E-state index is 10.8. The molecule has 3 aliphatic heterocycles. The van der Waals surface area contributed by atoms with Crippen molar-refractivity contribution >= 4 is 18.2 Å². The molecule has 0 N–H and O–H groups in total. The smallest absolute Gasteiger partial charge is 0.227 e. The van der Waals surface area contributed by atoms with Gasteiger partial charge in [0.15, 0.2) is 5.79 Å². The van der Waals surface area contributed by atoms with Gasteiger partial charge in [0.25, 0.3) is 0 Å². The summed E-state index contributed by atoms with van der Waals surface area (Å²) in [4.78, 5) is 26.2. The minimum atomic E-state index is -0.364. The van der Waals surface area contributed by atoms with Crippen LogP contribution < -0.4 is 9.80 Å². The van der Waals surface area contributed by atoms with Crippen LogP contribution in [0.25, 0.3) is 0 Å². The van der Waals surface area contributed by atoms with Gasteiger partial charge < -0.3 is 24.2 Å². The van der Waals surface area contributed by atoms with Crippen LogP contribution in [0.3, 0.4) is 0 Å². The molecule has 0 bridgehead atoms. The average Bonchev–Trinajstić information content (AvgIpc) is 3.10. The largest absolute Gasteiger partial charge is 0.356 e. The van der Waals surface area contributed by atoms with Crippen molar-refractivity contribution in [2.24, 2.45) is 0 Å². The lowest BCUT2D eigenvalue weighted by Gasteiger charge is -2.38. The minimum Gasteiger partial charge on any atom is -0.356 e. The lowest BCUT2D eigenvalue weighted by Crippen LogP contribution is -2.47. The van der Waals surface area contributed by atoms with Crippen molar-refractivity contribution < 1.29 is 14.3 Å². The predicted octanol–water partition coefficient (Wildman–Crippen LogP) is 0.0983. The molecule has 0 unspecified atom stereocenters. The quantitative estimate of drug-likeness (QED) is 0.727. The molecule has 4 rings (SSSR count). The summed E-state index contributed by atoms with van der Waals surface area (Å²) in [7, 11) is 0. The fourth-order valence-electron chi connectivity index (χ4n) is 3.56. The van der Waals surface area contributed by atoms with Gasteiger partial charge in [0.2, 0.25) is 12.4 Å². The molecule has 0 saturated carbocycles. The number of piperazine rings is 1. The van der Waals surface area contributed by atoms with Crippen molar-refractivity contribution in [3.63, 3.8) is 0 Å². The second-order valence-corrected chi connectivity index (χ2v) is 6.44. The monoisotopic (exact) mass is 333 g/mol. The molecule has 24 heavy (non-hydrogen) atoms. The molecule has 1 amide bonds. The van der Waals surface area contributed by atoms with Gasteiger partial charge in [0.05, 0.1) is 13.2 Å². The SMILES string of the molecule is O=CN1CCN(c2nccc(N3CCC4(CC3)OCCO4)n2)CC1. The molecule has 0 radical (unpaired) electrons. The molecular weight excluding hydrogens is 310 g/mol. The van der Waals surface area contributed by atoms with E-state index >= 15 is 0 Å². The van der Waals surface area contributed by atoms with Crippen LogP contribution in [0.2, 0.25) is 0 Å². The minimum absolute atomic E-state index is 0.364. The van der Waals surface area contributed by atoms with Gasteiger partial charge in [-0.05, 0) is 6.07 Å². The zero-order valence-electron chi connectivity index (χ0n) is 13.8. The van der Waals surface area contributed by atoms with E-state index in [1.165, 1.54) is 0 Å². The van der Waals surface area contributed by atoms with Gasteiger partial charge in [0, 0.05) is 58.3 Å². The summed E-state index contributed by atoms with van der Waals surface area (Å²) < 4.78 is 11.6. The van der Waals surface area contributed by atoms with Gasteiger partial charge in [-0.1, -0.05) is 0 Å². The van der Waals surface area contributed by atoms with Crippen molar-refractivity contribution in [3.05, 3.63) is 12.3 Å². The normalized spacial score (nSPS) is 23.8. The molecule has 0 aliphatic carbocycles. The Balaban J connectivity index is 1.41. The average molecular weight is 333 g/mol. The van der Waals surface area contributed by atoms with E-state index < -0.39 is 0 Å². The molecular formula is C16H23N5O3. The Labute approximate surface area is 141 Å². The van der Waals surface area contributed by atoms with Crippen LogP contribution >= 0.6 is 0 Å². The number of nitrogens with zero attached hydrogens (tertiary/aromatic N) is 5. The number of ether oxygens (including phenoxy) is 2. The fourth-order valence-corrected chi connectivity index (χ4v) is 3.56. The van der Waals surface area contributed by atoms with E-state index in [9.17, 15) is 4.79 Å². The van der Waals surface area contributed by atoms with Crippen molar-refractivity contribution in [1.82, 2.24) is 14.9 Å². The Bertz CT molecular complexity index is 575. The first kappa shape index (κ1) is 15.6. The summed E-state index contributed by atoms with van der Waals surface area (Å²) in [5.74, 6) is 1.33. The zero-order valence-corrected chi connectivity index (χ0v) is 13.8. The summed E-state index contributed by atoms with van der Waals surface area (Å²) in [5, 5.41) is 0. The second-order valence-electron chi connectivity index (χ2n) is 6.44. The van der Waals surface area contributed by atoms with Crippen LogP contribution in [-0.4, -0.2) is 79.5 Å². The van der Waals surface area contributed by atoms with E-state index in [0.717, 1.165) is 70.3 Å². The molecule has 130 valence electrons. The molecule has 8 nitrogen and oxygen atoms in total. The van der Waals surface area contributed by atoms with E-state index in [1.54, 1.807) is 4.90 Å². The molecule has 0 aromatic carbocycles. The van der Waals surface area contributed by atoms with Crippen LogP contribution in [0.1, 0.15) is 12.8 Å². The highest BCUT2D eigenvalue weighted by Gasteiger charge is 2.40. The number of aromatic nitrogens is 2. The Morgan fingerprint density at radius 1 is 1.00 bits per heavy atom. The van der Waals surface area contributed by atoms with Crippen LogP contribution in [0.5, 0.6) is 0 Å². The summed E-state index contributed by atoms with van der Waals surface area (Å²) in [6.07, 6.45) is 4.46. The van der Waals surface area contributed by atoms with Gasteiger partial charge in [0.1, 0.15) is 5.82 Å². The number of anilines is 2. The second kappa shape index (κ2) is 6.52. The van der Waals surface area contributed by atoms with E-state index in [-0.39, 0.29) is 5.79 Å². The van der Waals surface area contributed by atoms with E-state index in [1.807, 2.05) is 12.3 Å². The van der Waals surface area contributed by atoms with Gasteiger partial charge in [-0.15, -0.1) is 0 Å². The molecule has 1 spiro atoms. The highest BCUT2D eigenvalue weighted by molar-refractivity contribution is 5.49. The molecule has 8 heteroatoms. The van der Waals surface area contributed by atoms with Crippen molar-refractivity contribution in [2.75, 3.05) is 62.3 Å². The maximum atomic E-state index is 10.8. The number of amides is 1. The third-order valence-electron chi connectivity index (χ3n) is 5.04. The van der Waals surface area contributed by atoms with E-state index in [2.05, 4.69) is 14.8 Å². The summed E-state index contributed by atoms with van der Waals surface area (Å²) >= 11 is 0. The number of carbonyl (C=O) groups is 1. The predicted molar refractivity (Wildman–Crippen MR) is 88.0 cm³/mol. The molecule has 1 aromatic heterocycles. The summed E-state index contributed by atoms with van der Waals surface area (Å²) in [6.45, 7) is 6.12. The van der Waals surface area contributed by atoms with E-state index in [4.69, 9.17) is 14.5 Å². The van der Waals surface area contributed by atoms with Gasteiger partial charge in [-0.3, -0.25) is 4.79 Å². The molecule has 0 atom stereocenters. The van der Waals surface area contributed by atoms with Crippen molar-refractivity contribution in [1.29, 1.82) is 0 Å². The molecule has 3 aliphatic rings. The Morgan fingerprint density at radius 3 is 2.38 bits per heavy atom. The fraction of sp³-hybridized carbons (Fsp3) is 0.688. The van der Waals surface area contributed by atoms with Crippen molar-refractivity contribution in [3.8, 4) is 0 Å². The maximum Gasteiger partial charge on any atom is 0.227 e. The van der Waals surface area contributed by atoms with E-state index in [0.29, 0.717) is 13.2 Å². The first-order valence-electron chi connectivity index (χ1n) is 8.58. The molecule has 3 fully saturated rings. The Morgan fingerprint density at radius 2 is 1.71 bits per heavy atom. The lowest BCUT2D eigenvalue weighted by atomic mass is 10.0. The van der Waals surface area contributed by atoms with Gasteiger partial charge in [-0.25, -0.2) is 4.98 Å². The van der Waals surface area contributed by atoms with Crippen LogP contribution in [0.15, 0.2) is 12.3 Å². The molecule has 3 saturated heterocycles.